The van der Waals surface area contributed by atoms with Crippen molar-refractivity contribution in [2.45, 2.75) is 11.1 Å². The third kappa shape index (κ3) is 3.78. The van der Waals surface area contributed by atoms with Gasteiger partial charge in [-0.1, -0.05) is 12.1 Å². The van der Waals surface area contributed by atoms with Gasteiger partial charge in [-0.05, 0) is 18.4 Å². The number of hydrogen-bond donors (Lipinski definition) is 2. The van der Waals surface area contributed by atoms with E-state index in [0.29, 0.717) is 5.69 Å². The summed E-state index contributed by atoms with van der Waals surface area (Å²) in [7, 11) is 1.47. The van der Waals surface area contributed by atoms with Crippen LogP contribution in [0.15, 0.2) is 35.2 Å². The number of nitrogens with zero attached hydrogens (tertiary/aromatic N) is 2. The van der Waals surface area contributed by atoms with Gasteiger partial charge in [0, 0.05) is 18.0 Å². The molecule has 0 aliphatic heterocycles. The standard InChI is InChI=1S/C13H13F3N4S/c1-17-12-19-10(13(14,15)16)7-11(20-12)18-8-5-3-4-6-9(8)21-2/h3-7H,1-2H3,(H2,17,18,19,20). The predicted molar refractivity (Wildman–Crippen MR) is 78.1 cm³/mol. The van der Waals surface area contributed by atoms with Crippen LogP contribution in [0.5, 0.6) is 0 Å². The lowest BCUT2D eigenvalue weighted by molar-refractivity contribution is -0.141. The average Bonchev–Trinajstić information content (AvgIpc) is 2.46. The zero-order valence-electron chi connectivity index (χ0n) is 11.3. The van der Waals surface area contributed by atoms with E-state index in [1.165, 1.54) is 18.8 Å². The van der Waals surface area contributed by atoms with E-state index in [4.69, 9.17) is 0 Å². The van der Waals surface area contributed by atoms with E-state index in [-0.39, 0.29) is 11.8 Å². The van der Waals surface area contributed by atoms with Crippen LogP contribution in [0, 0.1) is 0 Å². The third-order valence-corrected chi connectivity index (χ3v) is 3.41. The first-order chi connectivity index (χ1) is 9.94. The fourth-order valence-electron chi connectivity index (χ4n) is 1.65. The second kappa shape index (κ2) is 6.21. The molecule has 2 N–H and O–H groups in total. The monoisotopic (exact) mass is 314 g/mol. The lowest BCUT2D eigenvalue weighted by atomic mass is 10.3. The zero-order chi connectivity index (χ0) is 15.5. The molecule has 0 fully saturated rings. The molecule has 21 heavy (non-hydrogen) atoms. The largest absolute Gasteiger partial charge is 0.433 e. The number of para-hydroxylation sites is 1. The first-order valence-corrected chi connectivity index (χ1v) is 7.20. The van der Waals surface area contributed by atoms with Crippen molar-refractivity contribution >= 4 is 29.2 Å². The second-order valence-corrected chi connectivity index (χ2v) is 4.88. The molecule has 0 saturated carbocycles. The first kappa shape index (κ1) is 15.4. The smallest absolute Gasteiger partial charge is 0.357 e. The quantitative estimate of drug-likeness (QED) is 0.835. The summed E-state index contributed by atoms with van der Waals surface area (Å²) in [6.45, 7) is 0. The highest BCUT2D eigenvalue weighted by atomic mass is 32.2. The maximum Gasteiger partial charge on any atom is 0.433 e. The molecular formula is C13H13F3N4S. The zero-order valence-corrected chi connectivity index (χ0v) is 12.1. The van der Waals surface area contributed by atoms with Crippen molar-refractivity contribution in [3.8, 4) is 0 Å². The Bertz CT molecular complexity index is 631. The van der Waals surface area contributed by atoms with Crippen molar-refractivity contribution in [2.24, 2.45) is 0 Å². The Labute approximate surface area is 124 Å². The normalized spacial score (nSPS) is 11.3. The Morgan fingerprint density at radius 2 is 1.86 bits per heavy atom. The summed E-state index contributed by atoms with van der Waals surface area (Å²) >= 11 is 1.49. The van der Waals surface area contributed by atoms with Gasteiger partial charge < -0.3 is 10.6 Å². The number of benzene rings is 1. The topological polar surface area (TPSA) is 49.8 Å². The molecule has 2 rings (SSSR count). The summed E-state index contributed by atoms with van der Waals surface area (Å²) in [5.41, 5.74) is -0.301. The fourth-order valence-corrected chi connectivity index (χ4v) is 2.21. The molecule has 0 aliphatic rings. The molecule has 2 aromatic rings. The Morgan fingerprint density at radius 1 is 1.14 bits per heavy atom. The van der Waals surface area contributed by atoms with Gasteiger partial charge in [0.2, 0.25) is 5.95 Å². The second-order valence-electron chi connectivity index (χ2n) is 4.04. The van der Waals surface area contributed by atoms with Crippen LogP contribution in [-0.2, 0) is 6.18 Å². The summed E-state index contributed by atoms with van der Waals surface area (Å²) in [4.78, 5) is 8.32. The van der Waals surface area contributed by atoms with Crippen LogP contribution in [0.2, 0.25) is 0 Å². The highest BCUT2D eigenvalue weighted by Gasteiger charge is 2.33. The highest BCUT2D eigenvalue weighted by Crippen LogP contribution is 2.32. The van der Waals surface area contributed by atoms with Gasteiger partial charge in [0.15, 0.2) is 5.69 Å². The van der Waals surface area contributed by atoms with E-state index in [1.54, 1.807) is 12.1 Å². The molecule has 0 bridgehead atoms. The third-order valence-electron chi connectivity index (χ3n) is 2.61. The van der Waals surface area contributed by atoms with Gasteiger partial charge in [-0.3, -0.25) is 0 Å². The van der Waals surface area contributed by atoms with Crippen LogP contribution in [0.3, 0.4) is 0 Å². The van der Waals surface area contributed by atoms with Gasteiger partial charge in [0.1, 0.15) is 5.82 Å². The number of anilines is 3. The van der Waals surface area contributed by atoms with Gasteiger partial charge in [0.25, 0.3) is 0 Å². The minimum absolute atomic E-state index is 0.0863. The van der Waals surface area contributed by atoms with Crippen molar-refractivity contribution in [1.29, 1.82) is 0 Å². The molecule has 0 unspecified atom stereocenters. The number of thioether (sulfide) groups is 1. The van der Waals surface area contributed by atoms with E-state index in [2.05, 4.69) is 20.6 Å². The molecule has 0 radical (unpaired) electrons. The van der Waals surface area contributed by atoms with Crippen LogP contribution in [-0.4, -0.2) is 23.3 Å². The van der Waals surface area contributed by atoms with Crippen LogP contribution in [0.1, 0.15) is 5.69 Å². The summed E-state index contributed by atoms with van der Waals surface area (Å²) in [5.74, 6) is -0.00265. The van der Waals surface area contributed by atoms with Crippen LogP contribution in [0.25, 0.3) is 0 Å². The first-order valence-electron chi connectivity index (χ1n) is 5.98. The van der Waals surface area contributed by atoms with Crippen molar-refractivity contribution in [1.82, 2.24) is 9.97 Å². The van der Waals surface area contributed by atoms with E-state index < -0.39 is 11.9 Å². The van der Waals surface area contributed by atoms with Crippen molar-refractivity contribution < 1.29 is 13.2 Å². The summed E-state index contributed by atoms with van der Waals surface area (Å²) in [5, 5.41) is 5.43. The predicted octanol–water partition coefficient (Wildman–Crippen LogP) is 4.00. The number of aromatic nitrogens is 2. The van der Waals surface area contributed by atoms with Gasteiger partial charge >= 0.3 is 6.18 Å². The number of hydrogen-bond acceptors (Lipinski definition) is 5. The molecule has 8 heteroatoms. The number of nitrogens with one attached hydrogen (secondary N) is 2. The van der Waals surface area contributed by atoms with Gasteiger partial charge in [0.05, 0.1) is 5.69 Å². The Morgan fingerprint density at radius 3 is 2.48 bits per heavy atom. The number of alkyl halides is 3. The Kier molecular flexibility index (Phi) is 4.56. The molecule has 0 atom stereocenters. The van der Waals surface area contributed by atoms with Crippen molar-refractivity contribution in [3.05, 3.63) is 36.0 Å². The lowest BCUT2D eigenvalue weighted by Crippen LogP contribution is -2.12. The maximum absolute atomic E-state index is 12.8. The Hall–Kier alpha value is -1.96. The number of rotatable bonds is 4. The molecule has 1 aromatic carbocycles. The van der Waals surface area contributed by atoms with E-state index >= 15 is 0 Å². The Balaban J connectivity index is 2.39. The SMILES string of the molecule is CNc1nc(Nc2ccccc2SC)cc(C(F)(F)F)n1. The lowest BCUT2D eigenvalue weighted by Gasteiger charge is -2.13. The summed E-state index contributed by atoms with van der Waals surface area (Å²) < 4.78 is 38.5. The van der Waals surface area contributed by atoms with Crippen LogP contribution < -0.4 is 10.6 Å². The molecule has 1 aromatic heterocycles. The van der Waals surface area contributed by atoms with E-state index in [0.717, 1.165) is 11.0 Å². The average molecular weight is 314 g/mol. The summed E-state index contributed by atoms with van der Waals surface area (Å²) in [6, 6.07) is 8.19. The van der Waals surface area contributed by atoms with Crippen LogP contribution in [0.4, 0.5) is 30.6 Å². The molecule has 1 heterocycles. The minimum atomic E-state index is -4.52. The molecule has 112 valence electrons. The number of halogens is 3. The molecular weight excluding hydrogens is 301 g/mol. The van der Waals surface area contributed by atoms with Crippen molar-refractivity contribution in [3.63, 3.8) is 0 Å². The van der Waals surface area contributed by atoms with Gasteiger partial charge in [-0.15, -0.1) is 11.8 Å². The van der Waals surface area contributed by atoms with E-state index in [1.807, 2.05) is 18.4 Å². The molecule has 0 amide bonds. The molecule has 0 spiro atoms. The van der Waals surface area contributed by atoms with Gasteiger partial charge in [-0.25, -0.2) is 4.98 Å². The van der Waals surface area contributed by atoms with Crippen LogP contribution >= 0.6 is 11.8 Å². The minimum Gasteiger partial charge on any atom is -0.357 e. The maximum atomic E-state index is 12.8. The fraction of sp³-hybridized carbons (Fsp3) is 0.231. The highest BCUT2D eigenvalue weighted by molar-refractivity contribution is 7.98. The molecule has 0 aliphatic carbocycles. The molecule has 0 saturated heterocycles. The summed E-state index contributed by atoms with van der Waals surface area (Å²) in [6.07, 6.45) is -2.63. The van der Waals surface area contributed by atoms with Crippen molar-refractivity contribution in [2.75, 3.05) is 23.9 Å². The van der Waals surface area contributed by atoms with Gasteiger partial charge in [-0.2, -0.15) is 18.2 Å². The molecule has 4 nitrogen and oxygen atoms in total. The van der Waals surface area contributed by atoms with E-state index in [9.17, 15) is 13.2 Å².